The van der Waals surface area contributed by atoms with Gasteiger partial charge >= 0.3 is 0 Å². The van der Waals surface area contributed by atoms with Crippen LogP contribution in [0.1, 0.15) is 18.1 Å². The van der Waals surface area contributed by atoms with Gasteiger partial charge < -0.3 is 4.57 Å². The Labute approximate surface area is 210 Å². The lowest BCUT2D eigenvalue weighted by Crippen LogP contribution is -1.99. The Morgan fingerprint density at radius 2 is 1.42 bits per heavy atom. The molecular formula is C24H20ClN7O4. The van der Waals surface area contributed by atoms with Crippen molar-refractivity contribution in [2.24, 2.45) is 10.2 Å². The van der Waals surface area contributed by atoms with E-state index < -0.39 is 9.85 Å². The van der Waals surface area contributed by atoms with E-state index in [1.165, 1.54) is 18.3 Å². The number of fused-ring (bicyclic) bond motifs is 1. The van der Waals surface area contributed by atoms with Crippen molar-refractivity contribution in [2.75, 3.05) is 10.9 Å². The van der Waals surface area contributed by atoms with Gasteiger partial charge in [0.05, 0.1) is 27.8 Å². The first-order valence-electron chi connectivity index (χ1n) is 10.8. The number of nitro benzene ring substituents is 2. The molecule has 0 fully saturated rings. The van der Waals surface area contributed by atoms with Crippen molar-refractivity contribution in [3.63, 3.8) is 0 Å². The highest BCUT2D eigenvalue weighted by atomic mass is 35.5. The second kappa shape index (κ2) is 10.7. The van der Waals surface area contributed by atoms with E-state index in [-0.39, 0.29) is 22.7 Å². The first-order valence-corrected chi connectivity index (χ1v) is 11.2. The summed E-state index contributed by atoms with van der Waals surface area (Å²) in [5.74, 6) is 0. The SMILES string of the molecule is CCn1c(Cl)c(/C=N/Nc2ccccc2[N+](=O)[O-])c2cccc(/C=N\Nc3ccccc3[N+](=O)[O-])c21. The van der Waals surface area contributed by atoms with Gasteiger partial charge in [-0.15, -0.1) is 0 Å². The summed E-state index contributed by atoms with van der Waals surface area (Å²) in [6.45, 7) is 2.50. The van der Waals surface area contributed by atoms with Crippen LogP contribution in [0.15, 0.2) is 76.9 Å². The van der Waals surface area contributed by atoms with Crippen molar-refractivity contribution >= 4 is 57.7 Å². The van der Waals surface area contributed by atoms with E-state index in [0.29, 0.717) is 17.3 Å². The van der Waals surface area contributed by atoms with Gasteiger partial charge in [-0.1, -0.05) is 54.1 Å². The quantitative estimate of drug-likeness (QED) is 0.162. The van der Waals surface area contributed by atoms with Crippen LogP contribution in [-0.4, -0.2) is 26.8 Å². The standard InChI is InChI=1S/C24H20ClN7O4/c1-2-30-23-16(14-26-28-19-10-3-5-12-21(19)31(33)34)8-7-9-17(23)18(24(30)25)15-27-29-20-11-4-6-13-22(20)32(35)36/h3-15,28-29H,2H2,1H3/b26-14-,27-15+. The van der Waals surface area contributed by atoms with Crippen LogP contribution in [0.2, 0.25) is 5.15 Å². The third kappa shape index (κ3) is 4.86. The van der Waals surface area contributed by atoms with Gasteiger partial charge in [0.25, 0.3) is 11.4 Å². The zero-order chi connectivity index (χ0) is 25.7. The molecule has 11 nitrogen and oxygen atoms in total. The molecule has 4 rings (SSSR count). The number of hydrogen-bond acceptors (Lipinski definition) is 8. The van der Waals surface area contributed by atoms with Crippen LogP contribution in [0, 0.1) is 20.2 Å². The maximum Gasteiger partial charge on any atom is 0.294 e. The van der Waals surface area contributed by atoms with E-state index in [9.17, 15) is 20.2 Å². The molecule has 0 bridgehead atoms. The van der Waals surface area contributed by atoms with Gasteiger partial charge in [0.2, 0.25) is 0 Å². The van der Waals surface area contributed by atoms with E-state index in [2.05, 4.69) is 21.1 Å². The number of halogens is 1. The fourth-order valence-electron chi connectivity index (χ4n) is 3.75. The van der Waals surface area contributed by atoms with Crippen LogP contribution in [0.3, 0.4) is 0 Å². The minimum Gasteiger partial charge on any atom is -0.331 e. The summed E-state index contributed by atoms with van der Waals surface area (Å²) in [6, 6.07) is 18.0. The molecule has 4 aromatic rings. The molecule has 3 aromatic carbocycles. The second-order valence-electron chi connectivity index (χ2n) is 7.48. The Morgan fingerprint density at radius 1 is 0.861 bits per heavy atom. The van der Waals surface area contributed by atoms with Gasteiger partial charge in [-0.2, -0.15) is 10.2 Å². The molecule has 0 atom stereocenters. The summed E-state index contributed by atoms with van der Waals surface area (Å²) in [6.07, 6.45) is 3.08. The average molecular weight is 506 g/mol. The molecule has 0 saturated carbocycles. The Balaban J connectivity index is 1.66. The Hall–Kier alpha value is -4.77. The monoisotopic (exact) mass is 505 g/mol. The molecule has 0 spiro atoms. The number of nitrogens with zero attached hydrogens (tertiary/aromatic N) is 5. The molecule has 0 saturated heterocycles. The summed E-state index contributed by atoms with van der Waals surface area (Å²) in [5.41, 5.74) is 7.93. The van der Waals surface area contributed by atoms with Crippen molar-refractivity contribution in [2.45, 2.75) is 13.5 Å². The summed E-state index contributed by atoms with van der Waals surface area (Å²) in [5, 5.41) is 32.1. The number of anilines is 2. The van der Waals surface area contributed by atoms with Crippen molar-refractivity contribution in [1.29, 1.82) is 0 Å². The van der Waals surface area contributed by atoms with Crippen molar-refractivity contribution in [3.8, 4) is 0 Å². The molecule has 0 aliphatic heterocycles. The van der Waals surface area contributed by atoms with Gasteiger partial charge in [0.15, 0.2) is 0 Å². The van der Waals surface area contributed by atoms with Crippen LogP contribution in [0.5, 0.6) is 0 Å². The second-order valence-corrected chi connectivity index (χ2v) is 7.84. The van der Waals surface area contributed by atoms with Crippen LogP contribution >= 0.6 is 11.6 Å². The number of benzene rings is 3. The van der Waals surface area contributed by atoms with Crippen LogP contribution in [-0.2, 0) is 6.54 Å². The van der Waals surface area contributed by atoms with Crippen molar-refractivity contribution < 1.29 is 9.85 Å². The van der Waals surface area contributed by atoms with E-state index in [0.717, 1.165) is 16.5 Å². The summed E-state index contributed by atoms with van der Waals surface area (Å²) >= 11 is 6.67. The van der Waals surface area contributed by atoms with E-state index in [4.69, 9.17) is 11.6 Å². The van der Waals surface area contributed by atoms with Crippen LogP contribution in [0.25, 0.3) is 10.9 Å². The first-order chi connectivity index (χ1) is 17.4. The maximum absolute atomic E-state index is 11.2. The molecular weight excluding hydrogens is 486 g/mol. The molecule has 12 heteroatoms. The number of hydrazone groups is 2. The number of aryl methyl sites for hydroxylation is 1. The first kappa shape index (κ1) is 24.4. The molecule has 2 N–H and O–H groups in total. The lowest BCUT2D eigenvalue weighted by atomic mass is 10.1. The lowest BCUT2D eigenvalue weighted by Gasteiger charge is -2.06. The van der Waals surface area contributed by atoms with Crippen LogP contribution in [0.4, 0.5) is 22.7 Å². The Kier molecular flexibility index (Phi) is 7.21. The molecule has 182 valence electrons. The van der Waals surface area contributed by atoms with Crippen molar-refractivity contribution in [1.82, 2.24) is 4.57 Å². The fourth-order valence-corrected chi connectivity index (χ4v) is 4.11. The zero-order valence-electron chi connectivity index (χ0n) is 19.0. The van der Waals surface area contributed by atoms with E-state index in [1.54, 1.807) is 42.6 Å². The van der Waals surface area contributed by atoms with Crippen LogP contribution < -0.4 is 10.9 Å². The van der Waals surface area contributed by atoms with Gasteiger partial charge in [-0.05, 0) is 19.1 Å². The normalized spacial score (nSPS) is 11.4. The number of hydrogen-bond donors (Lipinski definition) is 2. The molecule has 36 heavy (non-hydrogen) atoms. The molecule has 1 heterocycles. The summed E-state index contributed by atoms with van der Waals surface area (Å²) in [7, 11) is 0. The van der Waals surface area contributed by atoms with Crippen molar-refractivity contribution in [3.05, 3.63) is 103 Å². The van der Waals surface area contributed by atoms with E-state index in [1.807, 2.05) is 29.7 Å². The third-order valence-electron chi connectivity index (χ3n) is 5.37. The van der Waals surface area contributed by atoms with Gasteiger partial charge in [0.1, 0.15) is 16.5 Å². The minimum absolute atomic E-state index is 0.0857. The van der Waals surface area contributed by atoms with Gasteiger partial charge in [-0.25, -0.2) is 0 Å². The highest BCUT2D eigenvalue weighted by Crippen LogP contribution is 2.31. The molecule has 0 unspecified atom stereocenters. The number of para-hydroxylation sites is 5. The van der Waals surface area contributed by atoms with Gasteiger partial charge in [0, 0.05) is 35.2 Å². The minimum atomic E-state index is -0.489. The Morgan fingerprint density at radius 3 is 1.97 bits per heavy atom. The number of nitrogens with one attached hydrogen (secondary N) is 2. The highest BCUT2D eigenvalue weighted by molar-refractivity contribution is 6.34. The summed E-state index contributed by atoms with van der Waals surface area (Å²) in [4.78, 5) is 21.5. The predicted octanol–water partition coefficient (Wildman–Crippen LogP) is 6.02. The largest absolute Gasteiger partial charge is 0.331 e. The average Bonchev–Trinajstić information content (AvgIpc) is 3.15. The number of rotatable bonds is 9. The topological polar surface area (TPSA) is 140 Å². The molecule has 0 amide bonds. The molecule has 0 aliphatic carbocycles. The molecule has 1 aromatic heterocycles. The lowest BCUT2D eigenvalue weighted by molar-refractivity contribution is -0.384. The smallest absolute Gasteiger partial charge is 0.294 e. The molecule has 0 radical (unpaired) electrons. The Bertz CT molecular complexity index is 1510. The fraction of sp³-hybridized carbons (Fsp3) is 0.0833. The number of nitro groups is 2. The van der Waals surface area contributed by atoms with Gasteiger partial charge in [-0.3, -0.25) is 31.1 Å². The summed E-state index contributed by atoms with van der Waals surface area (Å²) < 4.78 is 1.88. The van der Waals surface area contributed by atoms with E-state index >= 15 is 0 Å². The highest BCUT2D eigenvalue weighted by Gasteiger charge is 2.17. The maximum atomic E-state index is 11.2. The predicted molar refractivity (Wildman–Crippen MR) is 141 cm³/mol. The number of aromatic nitrogens is 1. The third-order valence-corrected chi connectivity index (χ3v) is 5.78. The molecule has 0 aliphatic rings. The zero-order valence-corrected chi connectivity index (χ0v) is 19.7.